The molecule has 2 aromatic rings. The molecular formula is C20H23N3O2. The Labute approximate surface area is 147 Å². The first kappa shape index (κ1) is 17.3. The second-order valence-corrected chi connectivity index (χ2v) is 6.90. The van der Waals surface area contributed by atoms with Crippen molar-refractivity contribution >= 4 is 11.7 Å². The van der Waals surface area contributed by atoms with E-state index in [1.165, 1.54) is 11.8 Å². The van der Waals surface area contributed by atoms with Gasteiger partial charge in [-0.3, -0.25) is 9.78 Å². The summed E-state index contributed by atoms with van der Waals surface area (Å²) >= 11 is 0. The smallest absolute Gasteiger partial charge is 0.268 e. The SMILES string of the molecule is CC(=O)CC1CCC(c2ccc(-c3cncc(C(N)=O)n3)cc2)CC1. The maximum absolute atomic E-state index is 11.3. The number of hydrogen-bond donors (Lipinski definition) is 1. The fourth-order valence-electron chi connectivity index (χ4n) is 3.66. The van der Waals surface area contributed by atoms with Gasteiger partial charge < -0.3 is 10.5 Å². The molecular weight excluding hydrogens is 314 g/mol. The number of hydrogen-bond acceptors (Lipinski definition) is 4. The Morgan fingerprint density at radius 2 is 1.76 bits per heavy atom. The van der Waals surface area contributed by atoms with E-state index in [0.29, 0.717) is 23.3 Å². The number of carbonyl (C=O) groups is 2. The van der Waals surface area contributed by atoms with E-state index in [1.807, 2.05) is 12.1 Å². The second-order valence-electron chi connectivity index (χ2n) is 6.90. The molecule has 0 spiro atoms. The monoisotopic (exact) mass is 337 g/mol. The van der Waals surface area contributed by atoms with E-state index >= 15 is 0 Å². The number of amides is 1. The van der Waals surface area contributed by atoms with Crippen LogP contribution in [0, 0.1) is 5.92 Å². The lowest BCUT2D eigenvalue weighted by Gasteiger charge is -2.28. The summed E-state index contributed by atoms with van der Waals surface area (Å²) in [6.07, 6.45) is 8.24. The minimum absolute atomic E-state index is 0.172. The van der Waals surface area contributed by atoms with Gasteiger partial charge in [-0.2, -0.15) is 0 Å². The van der Waals surface area contributed by atoms with Gasteiger partial charge in [0.1, 0.15) is 11.5 Å². The van der Waals surface area contributed by atoms with Crippen LogP contribution in [0.15, 0.2) is 36.7 Å². The number of Topliss-reactive ketones (excluding diaryl/α,β-unsaturated/α-hetero) is 1. The number of nitrogens with two attached hydrogens (primary N) is 1. The third-order valence-corrected chi connectivity index (χ3v) is 4.99. The van der Waals surface area contributed by atoms with Gasteiger partial charge in [0, 0.05) is 12.0 Å². The van der Waals surface area contributed by atoms with Gasteiger partial charge in [-0.25, -0.2) is 4.98 Å². The van der Waals surface area contributed by atoms with Crippen LogP contribution >= 0.6 is 0 Å². The Balaban J connectivity index is 1.68. The van der Waals surface area contributed by atoms with Crippen molar-refractivity contribution in [2.45, 2.75) is 44.9 Å². The zero-order chi connectivity index (χ0) is 17.8. The van der Waals surface area contributed by atoms with Crippen LogP contribution in [0.2, 0.25) is 0 Å². The van der Waals surface area contributed by atoms with Crippen LogP contribution in [-0.4, -0.2) is 21.7 Å². The molecule has 0 bridgehead atoms. The Morgan fingerprint density at radius 3 is 2.36 bits per heavy atom. The lowest BCUT2D eigenvalue weighted by Crippen LogP contribution is -2.15. The third kappa shape index (κ3) is 4.29. The average molecular weight is 337 g/mol. The minimum Gasteiger partial charge on any atom is -0.364 e. The maximum Gasteiger partial charge on any atom is 0.268 e. The summed E-state index contributed by atoms with van der Waals surface area (Å²) < 4.78 is 0. The summed E-state index contributed by atoms with van der Waals surface area (Å²) in [6.45, 7) is 1.68. The predicted octanol–water partition coefficient (Wildman–Crippen LogP) is 3.50. The van der Waals surface area contributed by atoms with Crippen LogP contribution in [0.25, 0.3) is 11.3 Å². The Hall–Kier alpha value is -2.56. The summed E-state index contributed by atoms with van der Waals surface area (Å²) in [4.78, 5) is 30.8. The van der Waals surface area contributed by atoms with Crippen molar-refractivity contribution in [2.24, 2.45) is 11.7 Å². The molecule has 0 saturated heterocycles. The molecule has 3 rings (SSSR count). The minimum atomic E-state index is -0.576. The molecule has 1 amide bonds. The van der Waals surface area contributed by atoms with Crippen molar-refractivity contribution in [1.29, 1.82) is 0 Å². The molecule has 1 aliphatic rings. The lowest BCUT2D eigenvalue weighted by molar-refractivity contribution is -0.118. The highest BCUT2D eigenvalue weighted by molar-refractivity contribution is 5.90. The fraction of sp³-hybridized carbons (Fsp3) is 0.400. The summed E-state index contributed by atoms with van der Waals surface area (Å²) in [5.74, 6) is 0.834. The molecule has 0 radical (unpaired) electrons. The number of nitrogens with zero attached hydrogens (tertiary/aromatic N) is 2. The Bertz CT molecular complexity index is 763. The summed E-state index contributed by atoms with van der Waals surface area (Å²) in [5, 5.41) is 0. The molecule has 1 aromatic heterocycles. The van der Waals surface area contributed by atoms with E-state index < -0.39 is 5.91 Å². The average Bonchev–Trinajstić information content (AvgIpc) is 2.62. The van der Waals surface area contributed by atoms with Crippen molar-refractivity contribution in [1.82, 2.24) is 9.97 Å². The first-order valence-corrected chi connectivity index (χ1v) is 8.74. The highest BCUT2D eigenvalue weighted by atomic mass is 16.1. The number of rotatable bonds is 5. The number of aromatic nitrogens is 2. The van der Waals surface area contributed by atoms with Gasteiger partial charge in [0.15, 0.2) is 0 Å². The zero-order valence-corrected chi connectivity index (χ0v) is 14.4. The van der Waals surface area contributed by atoms with Gasteiger partial charge in [0.25, 0.3) is 5.91 Å². The van der Waals surface area contributed by atoms with Crippen LogP contribution in [0.5, 0.6) is 0 Å². The molecule has 1 heterocycles. The van der Waals surface area contributed by atoms with Crippen molar-refractivity contribution in [3.63, 3.8) is 0 Å². The first-order chi connectivity index (χ1) is 12.0. The summed E-state index contributed by atoms with van der Waals surface area (Å²) in [5.41, 5.74) is 8.32. The van der Waals surface area contributed by atoms with Gasteiger partial charge in [0.05, 0.1) is 18.1 Å². The van der Waals surface area contributed by atoms with Crippen molar-refractivity contribution in [3.05, 3.63) is 47.9 Å². The van der Waals surface area contributed by atoms with Gasteiger partial charge in [-0.05, 0) is 50.0 Å². The van der Waals surface area contributed by atoms with Crippen LogP contribution in [0.4, 0.5) is 0 Å². The Morgan fingerprint density at radius 1 is 1.08 bits per heavy atom. The maximum atomic E-state index is 11.3. The molecule has 1 aliphatic carbocycles. The highest BCUT2D eigenvalue weighted by Gasteiger charge is 2.23. The topological polar surface area (TPSA) is 85.9 Å². The molecule has 0 aliphatic heterocycles. The molecule has 0 atom stereocenters. The highest BCUT2D eigenvalue weighted by Crippen LogP contribution is 2.37. The van der Waals surface area contributed by atoms with E-state index in [9.17, 15) is 9.59 Å². The molecule has 2 N–H and O–H groups in total. The van der Waals surface area contributed by atoms with E-state index in [4.69, 9.17) is 5.73 Å². The molecule has 5 nitrogen and oxygen atoms in total. The molecule has 0 unspecified atom stereocenters. The largest absolute Gasteiger partial charge is 0.364 e. The van der Waals surface area contributed by atoms with Gasteiger partial charge in [0.2, 0.25) is 0 Å². The van der Waals surface area contributed by atoms with E-state index in [2.05, 4.69) is 22.1 Å². The van der Waals surface area contributed by atoms with Crippen molar-refractivity contribution in [2.75, 3.05) is 0 Å². The predicted molar refractivity (Wildman–Crippen MR) is 96.0 cm³/mol. The summed E-state index contributed by atoms with van der Waals surface area (Å²) in [6, 6.07) is 8.30. The second kappa shape index (κ2) is 7.55. The molecule has 5 heteroatoms. The normalized spacial score (nSPS) is 20.2. The van der Waals surface area contributed by atoms with Crippen LogP contribution in [0.1, 0.15) is 61.0 Å². The van der Waals surface area contributed by atoms with E-state index in [-0.39, 0.29) is 5.69 Å². The molecule has 1 fully saturated rings. The number of carbonyl (C=O) groups excluding carboxylic acids is 2. The molecule has 130 valence electrons. The molecule has 1 saturated carbocycles. The molecule has 1 aromatic carbocycles. The van der Waals surface area contributed by atoms with Crippen LogP contribution < -0.4 is 5.73 Å². The Kier molecular flexibility index (Phi) is 5.22. The van der Waals surface area contributed by atoms with E-state index in [0.717, 1.165) is 37.7 Å². The number of primary amides is 1. The lowest BCUT2D eigenvalue weighted by atomic mass is 9.77. The van der Waals surface area contributed by atoms with Gasteiger partial charge in [-0.15, -0.1) is 0 Å². The van der Waals surface area contributed by atoms with Crippen molar-refractivity contribution in [3.8, 4) is 11.3 Å². The summed E-state index contributed by atoms with van der Waals surface area (Å²) in [7, 11) is 0. The first-order valence-electron chi connectivity index (χ1n) is 8.74. The number of benzene rings is 1. The van der Waals surface area contributed by atoms with Crippen LogP contribution in [-0.2, 0) is 4.79 Å². The zero-order valence-electron chi connectivity index (χ0n) is 14.4. The standard InChI is InChI=1S/C20H23N3O2/c1-13(24)10-14-2-4-15(5-3-14)16-6-8-17(9-7-16)18-11-22-12-19(23-18)20(21)25/h6-9,11-12,14-15H,2-5,10H2,1H3,(H2,21,25). The van der Waals surface area contributed by atoms with E-state index in [1.54, 1.807) is 13.1 Å². The quantitative estimate of drug-likeness (QED) is 0.905. The van der Waals surface area contributed by atoms with Crippen molar-refractivity contribution < 1.29 is 9.59 Å². The third-order valence-electron chi connectivity index (χ3n) is 4.99. The van der Waals surface area contributed by atoms with Gasteiger partial charge in [-0.1, -0.05) is 24.3 Å². The van der Waals surface area contributed by atoms with Gasteiger partial charge >= 0.3 is 0 Å². The molecule has 25 heavy (non-hydrogen) atoms. The number of ketones is 1. The fourth-order valence-corrected chi connectivity index (χ4v) is 3.66. The van der Waals surface area contributed by atoms with Crippen LogP contribution in [0.3, 0.4) is 0 Å².